The molecule has 1 aromatic carbocycles. The molecule has 21 heavy (non-hydrogen) atoms. The van der Waals surface area contributed by atoms with Gasteiger partial charge in [-0.05, 0) is 42.8 Å². The summed E-state index contributed by atoms with van der Waals surface area (Å²) >= 11 is 0. The molecule has 0 aliphatic carbocycles. The lowest BCUT2D eigenvalue weighted by Gasteiger charge is -2.17. The van der Waals surface area contributed by atoms with Crippen LogP contribution in [0.25, 0.3) is 0 Å². The van der Waals surface area contributed by atoms with Crippen LogP contribution in [0.3, 0.4) is 0 Å². The van der Waals surface area contributed by atoms with Crippen LogP contribution in [0.15, 0.2) is 40.8 Å². The van der Waals surface area contributed by atoms with E-state index in [-0.39, 0.29) is 6.04 Å². The Morgan fingerprint density at radius 2 is 2.00 bits per heavy atom. The SMILES string of the molecule is CCCOc1cccc(C(NCC)c2ccc(CC)o2)c1. The molecule has 1 atom stereocenters. The standard InChI is InChI=1S/C18H25NO2/c1-4-12-20-16-9-7-8-14(13-16)18(19-6-3)17-11-10-15(5-2)21-17/h7-11,13,18-19H,4-6,12H2,1-3H3. The highest BCUT2D eigenvalue weighted by atomic mass is 16.5. The minimum atomic E-state index is 0.0699. The van der Waals surface area contributed by atoms with Crippen LogP contribution in [0.5, 0.6) is 5.75 Å². The van der Waals surface area contributed by atoms with Crippen molar-refractivity contribution >= 4 is 0 Å². The minimum Gasteiger partial charge on any atom is -0.494 e. The summed E-state index contributed by atoms with van der Waals surface area (Å²) in [6.07, 6.45) is 1.93. The normalized spacial score (nSPS) is 12.3. The van der Waals surface area contributed by atoms with Crippen LogP contribution in [0, 0.1) is 0 Å². The number of nitrogens with one attached hydrogen (secondary N) is 1. The highest BCUT2D eigenvalue weighted by molar-refractivity contribution is 5.34. The van der Waals surface area contributed by atoms with Crippen LogP contribution in [0.1, 0.15) is 50.3 Å². The number of benzene rings is 1. The van der Waals surface area contributed by atoms with Gasteiger partial charge >= 0.3 is 0 Å². The molecule has 1 heterocycles. The lowest BCUT2D eigenvalue weighted by atomic mass is 10.0. The first-order valence-corrected chi connectivity index (χ1v) is 7.83. The van der Waals surface area contributed by atoms with Crippen molar-refractivity contribution in [1.82, 2.24) is 5.32 Å². The largest absolute Gasteiger partial charge is 0.494 e. The third kappa shape index (κ3) is 4.11. The Morgan fingerprint density at radius 3 is 2.67 bits per heavy atom. The fourth-order valence-corrected chi connectivity index (χ4v) is 2.33. The highest BCUT2D eigenvalue weighted by Crippen LogP contribution is 2.27. The topological polar surface area (TPSA) is 34.4 Å². The Bertz CT molecular complexity index is 548. The molecule has 1 unspecified atom stereocenters. The Morgan fingerprint density at radius 1 is 1.14 bits per heavy atom. The summed E-state index contributed by atoms with van der Waals surface area (Å²) in [5.41, 5.74) is 1.17. The van der Waals surface area contributed by atoms with E-state index in [9.17, 15) is 0 Å². The zero-order valence-electron chi connectivity index (χ0n) is 13.2. The third-order valence-corrected chi connectivity index (χ3v) is 3.39. The van der Waals surface area contributed by atoms with Crippen molar-refractivity contribution in [1.29, 1.82) is 0 Å². The molecule has 3 nitrogen and oxygen atoms in total. The molecular formula is C18H25NO2. The van der Waals surface area contributed by atoms with E-state index in [0.717, 1.165) is 43.3 Å². The van der Waals surface area contributed by atoms with E-state index >= 15 is 0 Å². The van der Waals surface area contributed by atoms with Gasteiger partial charge in [-0.2, -0.15) is 0 Å². The first-order chi connectivity index (χ1) is 10.3. The maximum Gasteiger partial charge on any atom is 0.125 e. The molecule has 0 fully saturated rings. The van der Waals surface area contributed by atoms with Crippen LogP contribution >= 0.6 is 0 Å². The van der Waals surface area contributed by atoms with Gasteiger partial charge in [0.15, 0.2) is 0 Å². The fourth-order valence-electron chi connectivity index (χ4n) is 2.33. The molecule has 0 saturated heterocycles. The molecule has 0 spiro atoms. The van der Waals surface area contributed by atoms with E-state index in [1.165, 1.54) is 5.56 Å². The molecule has 0 bridgehead atoms. The van der Waals surface area contributed by atoms with Crippen molar-refractivity contribution < 1.29 is 9.15 Å². The molecule has 2 aromatic rings. The molecular weight excluding hydrogens is 262 g/mol. The average Bonchev–Trinajstić information content (AvgIpc) is 2.99. The molecule has 2 rings (SSSR count). The smallest absolute Gasteiger partial charge is 0.125 e. The molecule has 0 aliphatic heterocycles. The van der Waals surface area contributed by atoms with E-state index in [0.29, 0.717) is 0 Å². The van der Waals surface area contributed by atoms with Gasteiger partial charge in [0, 0.05) is 6.42 Å². The Hall–Kier alpha value is -1.74. The number of aryl methyl sites for hydroxylation is 1. The summed E-state index contributed by atoms with van der Waals surface area (Å²) in [7, 11) is 0. The summed E-state index contributed by atoms with van der Waals surface area (Å²) in [6, 6.07) is 12.4. The molecule has 1 aromatic heterocycles. The van der Waals surface area contributed by atoms with Crippen LogP contribution in [0.2, 0.25) is 0 Å². The molecule has 0 amide bonds. The molecule has 1 N–H and O–H groups in total. The van der Waals surface area contributed by atoms with Gasteiger partial charge in [0.2, 0.25) is 0 Å². The van der Waals surface area contributed by atoms with Gasteiger partial charge in [-0.1, -0.05) is 32.9 Å². The Kier molecular flexibility index (Phi) is 5.88. The molecule has 0 saturated carbocycles. The van der Waals surface area contributed by atoms with E-state index in [2.05, 4.69) is 50.4 Å². The van der Waals surface area contributed by atoms with Gasteiger partial charge in [0.05, 0.1) is 12.6 Å². The predicted octanol–water partition coefficient (Wildman–Crippen LogP) is 4.33. The van der Waals surface area contributed by atoms with Crippen molar-refractivity contribution in [2.45, 2.75) is 39.7 Å². The quantitative estimate of drug-likeness (QED) is 0.784. The zero-order chi connectivity index (χ0) is 15.1. The van der Waals surface area contributed by atoms with E-state index in [1.807, 2.05) is 12.1 Å². The lowest BCUT2D eigenvalue weighted by molar-refractivity contribution is 0.316. The molecule has 0 aliphatic rings. The summed E-state index contributed by atoms with van der Waals surface area (Å²) in [6.45, 7) is 7.95. The Labute approximate surface area is 127 Å². The summed E-state index contributed by atoms with van der Waals surface area (Å²) in [5.74, 6) is 2.90. The third-order valence-electron chi connectivity index (χ3n) is 3.39. The molecule has 114 valence electrons. The maximum atomic E-state index is 5.92. The summed E-state index contributed by atoms with van der Waals surface area (Å²) in [5, 5.41) is 3.49. The van der Waals surface area contributed by atoms with Gasteiger partial charge in [-0.25, -0.2) is 0 Å². The summed E-state index contributed by atoms with van der Waals surface area (Å²) in [4.78, 5) is 0. The van der Waals surface area contributed by atoms with Crippen LogP contribution in [0.4, 0.5) is 0 Å². The predicted molar refractivity (Wildman–Crippen MR) is 85.8 cm³/mol. The summed E-state index contributed by atoms with van der Waals surface area (Å²) < 4.78 is 11.6. The highest BCUT2D eigenvalue weighted by Gasteiger charge is 2.17. The van der Waals surface area contributed by atoms with Crippen molar-refractivity contribution in [3.8, 4) is 5.75 Å². The number of furan rings is 1. The minimum absolute atomic E-state index is 0.0699. The van der Waals surface area contributed by atoms with Crippen molar-refractivity contribution in [3.05, 3.63) is 53.5 Å². The monoisotopic (exact) mass is 287 g/mol. The van der Waals surface area contributed by atoms with Crippen molar-refractivity contribution in [2.75, 3.05) is 13.2 Å². The van der Waals surface area contributed by atoms with Crippen LogP contribution in [-0.4, -0.2) is 13.2 Å². The van der Waals surface area contributed by atoms with Crippen LogP contribution in [-0.2, 0) is 6.42 Å². The second-order valence-corrected chi connectivity index (χ2v) is 5.07. The van der Waals surface area contributed by atoms with Crippen LogP contribution < -0.4 is 10.1 Å². The first-order valence-electron chi connectivity index (χ1n) is 7.83. The average molecular weight is 287 g/mol. The van der Waals surface area contributed by atoms with Gasteiger partial charge in [0.1, 0.15) is 17.3 Å². The van der Waals surface area contributed by atoms with Gasteiger partial charge in [-0.15, -0.1) is 0 Å². The van der Waals surface area contributed by atoms with Crippen molar-refractivity contribution in [2.24, 2.45) is 0 Å². The maximum absolute atomic E-state index is 5.92. The number of ether oxygens (including phenoxy) is 1. The zero-order valence-corrected chi connectivity index (χ0v) is 13.2. The number of hydrogen-bond donors (Lipinski definition) is 1. The van der Waals surface area contributed by atoms with E-state index in [1.54, 1.807) is 0 Å². The second kappa shape index (κ2) is 7.89. The number of rotatable bonds is 8. The Balaban J connectivity index is 2.24. The lowest BCUT2D eigenvalue weighted by Crippen LogP contribution is -2.21. The fraction of sp³-hybridized carbons (Fsp3) is 0.444. The number of hydrogen-bond acceptors (Lipinski definition) is 3. The molecule has 0 radical (unpaired) electrons. The molecule has 3 heteroatoms. The first kappa shape index (κ1) is 15.6. The second-order valence-electron chi connectivity index (χ2n) is 5.07. The van der Waals surface area contributed by atoms with E-state index < -0.39 is 0 Å². The van der Waals surface area contributed by atoms with Crippen molar-refractivity contribution in [3.63, 3.8) is 0 Å². The van der Waals surface area contributed by atoms with E-state index in [4.69, 9.17) is 9.15 Å². The van der Waals surface area contributed by atoms with Gasteiger partial charge in [0.25, 0.3) is 0 Å². The van der Waals surface area contributed by atoms with Gasteiger partial charge < -0.3 is 14.5 Å². The van der Waals surface area contributed by atoms with Gasteiger partial charge in [-0.3, -0.25) is 0 Å².